The molecule has 1 saturated heterocycles. The van der Waals surface area contributed by atoms with Crippen LogP contribution in [0.4, 0.5) is 0 Å². The van der Waals surface area contributed by atoms with Crippen LogP contribution >= 0.6 is 0 Å². The molecule has 1 aliphatic rings. The molecular formula is C16H26N2O. The quantitative estimate of drug-likeness (QED) is 0.881. The maximum Gasteiger partial charge on any atom is 0.122 e. The summed E-state index contributed by atoms with van der Waals surface area (Å²) in [5, 5.41) is 3.63. The van der Waals surface area contributed by atoms with E-state index in [1.807, 2.05) is 12.1 Å². The average Bonchev–Trinajstić information content (AvgIpc) is 2.45. The molecule has 1 heterocycles. The van der Waals surface area contributed by atoms with Gasteiger partial charge in [0.1, 0.15) is 5.75 Å². The van der Waals surface area contributed by atoms with Crippen molar-refractivity contribution in [2.45, 2.75) is 32.2 Å². The molecule has 0 saturated carbocycles. The maximum absolute atomic E-state index is 5.42. The Labute approximate surface area is 116 Å². The normalized spacial score (nSPS) is 24.4. The highest BCUT2D eigenvalue weighted by atomic mass is 16.5. The van der Waals surface area contributed by atoms with Gasteiger partial charge in [-0.2, -0.15) is 0 Å². The van der Waals surface area contributed by atoms with Crippen molar-refractivity contribution in [1.82, 2.24) is 10.2 Å². The molecule has 0 aromatic heterocycles. The summed E-state index contributed by atoms with van der Waals surface area (Å²) in [6.07, 6.45) is 2.24. The first-order valence-corrected chi connectivity index (χ1v) is 7.26. The number of rotatable bonds is 5. The summed E-state index contributed by atoms with van der Waals surface area (Å²) in [6.45, 7) is 9.07. The van der Waals surface area contributed by atoms with Crippen molar-refractivity contribution in [2.24, 2.45) is 0 Å². The monoisotopic (exact) mass is 262 g/mol. The Morgan fingerprint density at radius 1 is 1.37 bits per heavy atom. The lowest BCUT2D eigenvalue weighted by atomic mass is 9.95. The van der Waals surface area contributed by atoms with Crippen LogP contribution in [0.15, 0.2) is 24.3 Å². The first-order chi connectivity index (χ1) is 9.17. The lowest BCUT2D eigenvalue weighted by Crippen LogP contribution is -2.58. The number of benzene rings is 1. The van der Waals surface area contributed by atoms with Gasteiger partial charge in [0.2, 0.25) is 0 Å². The number of nitrogens with one attached hydrogen (secondary N) is 1. The Bertz CT molecular complexity index is 407. The highest BCUT2D eigenvalue weighted by molar-refractivity contribution is 5.33. The summed E-state index contributed by atoms with van der Waals surface area (Å²) >= 11 is 0. The Morgan fingerprint density at radius 3 is 2.89 bits per heavy atom. The molecule has 1 N–H and O–H groups in total. The molecule has 19 heavy (non-hydrogen) atoms. The van der Waals surface area contributed by atoms with Crippen molar-refractivity contribution in [2.75, 3.05) is 33.3 Å². The van der Waals surface area contributed by atoms with Gasteiger partial charge >= 0.3 is 0 Å². The Hall–Kier alpha value is -1.06. The van der Waals surface area contributed by atoms with E-state index in [4.69, 9.17) is 4.74 Å². The number of hydrogen-bond donors (Lipinski definition) is 1. The average molecular weight is 262 g/mol. The lowest BCUT2D eigenvalue weighted by Gasteiger charge is -2.41. The molecule has 0 amide bonds. The van der Waals surface area contributed by atoms with Crippen LogP contribution in [-0.4, -0.2) is 43.7 Å². The topological polar surface area (TPSA) is 24.5 Å². The van der Waals surface area contributed by atoms with Crippen molar-refractivity contribution >= 4 is 0 Å². The molecule has 0 bridgehead atoms. The molecule has 3 heteroatoms. The highest BCUT2D eigenvalue weighted by Crippen LogP contribution is 2.20. The third-order valence-electron chi connectivity index (χ3n) is 4.22. The zero-order valence-electron chi connectivity index (χ0n) is 12.4. The van der Waals surface area contributed by atoms with Crippen LogP contribution in [0, 0.1) is 0 Å². The zero-order valence-corrected chi connectivity index (χ0v) is 12.4. The molecule has 1 aromatic rings. The Morgan fingerprint density at radius 2 is 2.16 bits per heavy atom. The number of ether oxygens (including phenoxy) is 1. The van der Waals surface area contributed by atoms with E-state index >= 15 is 0 Å². The van der Waals surface area contributed by atoms with E-state index in [1.54, 1.807) is 7.11 Å². The summed E-state index contributed by atoms with van der Waals surface area (Å²) in [5.74, 6) is 1.01. The van der Waals surface area contributed by atoms with Crippen LogP contribution in [0.3, 0.4) is 0 Å². The van der Waals surface area contributed by atoms with Crippen molar-refractivity contribution in [3.63, 3.8) is 0 Å². The van der Waals surface area contributed by atoms with Crippen LogP contribution in [0.1, 0.15) is 25.8 Å². The molecule has 1 unspecified atom stereocenters. The molecule has 2 rings (SSSR count). The van der Waals surface area contributed by atoms with Gasteiger partial charge in [0.05, 0.1) is 7.11 Å². The molecule has 1 fully saturated rings. The Kier molecular flexibility index (Phi) is 4.83. The second kappa shape index (κ2) is 6.40. The molecule has 0 radical (unpaired) electrons. The minimum atomic E-state index is 0.277. The number of nitrogens with zero attached hydrogens (tertiary/aromatic N) is 1. The predicted octanol–water partition coefficient (Wildman–Crippen LogP) is 2.31. The SMILES string of the molecule is CCC1(C)CN(CCc2ccccc2OC)CCN1. The summed E-state index contributed by atoms with van der Waals surface area (Å²) in [4.78, 5) is 2.56. The smallest absolute Gasteiger partial charge is 0.122 e. The molecule has 0 spiro atoms. The molecule has 1 atom stereocenters. The third kappa shape index (κ3) is 3.71. The van der Waals surface area contributed by atoms with E-state index in [0.717, 1.165) is 38.3 Å². The molecule has 1 aliphatic heterocycles. The fourth-order valence-electron chi connectivity index (χ4n) is 2.76. The number of methoxy groups -OCH3 is 1. The van der Waals surface area contributed by atoms with Crippen LogP contribution < -0.4 is 10.1 Å². The van der Waals surface area contributed by atoms with Gasteiger partial charge in [0.15, 0.2) is 0 Å². The van der Waals surface area contributed by atoms with E-state index in [2.05, 4.69) is 36.2 Å². The summed E-state index contributed by atoms with van der Waals surface area (Å²) in [6, 6.07) is 8.33. The van der Waals surface area contributed by atoms with Crippen LogP contribution in [0.25, 0.3) is 0 Å². The van der Waals surface area contributed by atoms with Crippen LogP contribution in [0.2, 0.25) is 0 Å². The van der Waals surface area contributed by atoms with Gasteiger partial charge in [0.25, 0.3) is 0 Å². The molecular weight excluding hydrogens is 236 g/mol. The number of piperazine rings is 1. The first-order valence-electron chi connectivity index (χ1n) is 7.26. The highest BCUT2D eigenvalue weighted by Gasteiger charge is 2.28. The maximum atomic E-state index is 5.42. The van der Waals surface area contributed by atoms with Gasteiger partial charge in [-0.3, -0.25) is 4.90 Å². The lowest BCUT2D eigenvalue weighted by molar-refractivity contribution is 0.141. The summed E-state index contributed by atoms with van der Waals surface area (Å²) in [5.41, 5.74) is 1.58. The second-order valence-corrected chi connectivity index (χ2v) is 5.68. The van der Waals surface area contributed by atoms with Crippen LogP contribution in [0.5, 0.6) is 5.75 Å². The van der Waals surface area contributed by atoms with E-state index in [9.17, 15) is 0 Å². The van der Waals surface area contributed by atoms with Gasteiger partial charge < -0.3 is 10.1 Å². The van der Waals surface area contributed by atoms with Gasteiger partial charge in [-0.25, -0.2) is 0 Å². The van der Waals surface area contributed by atoms with Gasteiger partial charge in [-0.1, -0.05) is 25.1 Å². The fraction of sp³-hybridized carbons (Fsp3) is 0.625. The molecule has 0 aliphatic carbocycles. The largest absolute Gasteiger partial charge is 0.496 e. The number of hydrogen-bond acceptors (Lipinski definition) is 3. The summed E-state index contributed by atoms with van der Waals surface area (Å²) < 4.78 is 5.42. The fourth-order valence-corrected chi connectivity index (χ4v) is 2.76. The van der Waals surface area contributed by atoms with E-state index < -0.39 is 0 Å². The van der Waals surface area contributed by atoms with E-state index in [1.165, 1.54) is 12.0 Å². The van der Waals surface area contributed by atoms with Gasteiger partial charge in [-0.05, 0) is 31.4 Å². The van der Waals surface area contributed by atoms with Crippen molar-refractivity contribution < 1.29 is 4.74 Å². The standard InChI is InChI=1S/C16H26N2O/c1-4-16(2)13-18(12-10-17-16)11-9-14-7-5-6-8-15(14)19-3/h5-8,17H,4,9-13H2,1-3H3. The predicted molar refractivity (Wildman–Crippen MR) is 79.8 cm³/mol. The zero-order chi connectivity index (χ0) is 13.7. The minimum absolute atomic E-state index is 0.277. The van der Waals surface area contributed by atoms with Gasteiger partial charge in [0, 0.05) is 31.7 Å². The summed E-state index contributed by atoms with van der Waals surface area (Å²) in [7, 11) is 1.75. The van der Waals surface area contributed by atoms with Crippen molar-refractivity contribution in [3.8, 4) is 5.75 Å². The number of para-hydroxylation sites is 1. The molecule has 106 valence electrons. The molecule has 3 nitrogen and oxygen atoms in total. The van der Waals surface area contributed by atoms with Crippen LogP contribution in [-0.2, 0) is 6.42 Å². The van der Waals surface area contributed by atoms with Crippen molar-refractivity contribution in [1.29, 1.82) is 0 Å². The second-order valence-electron chi connectivity index (χ2n) is 5.68. The Balaban J connectivity index is 1.91. The minimum Gasteiger partial charge on any atom is -0.496 e. The first kappa shape index (κ1) is 14.4. The van der Waals surface area contributed by atoms with Gasteiger partial charge in [-0.15, -0.1) is 0 Å². The third-order valence-corrected chi connectivity index (χ3v) is 4.22. The van der Waals surface area contributed by atoms with E-state index in [-0.39, 0.29) is 5.54 Å². The molecule has 1 aromatic carbocycles. The van der Waals surface area contributed by atoms with Crippen molar-refractivity contribution in [3.05, 3.63) is 29.8 Å². The van der Waals surface area contributed by atoms with E-state index in [0.29, 0.717) is 0 Å².